The smallest absolute Gasteiger partial charge is 0.242 e. The number of ether oxygens (including phenoxy) is 2. The van der Waals surface area contributed by atoms with Gasteiger partial charge < -0.3 is 14.4 Å². The predicted octanol–water partition coefficient (Wildman–Crippen LogP) is 1.39. The number of pyridine rings is 1. The molecule has 1 fully saturated rings. The summed E-state index contributed by atoms with van der Waals surface area (Å²) in [5.41, 5.74) is 4.08. The molecule has 0 amide bonds. The Morgan fingerprint density at radius 2 is 1.97 bits per heavy atom. The van der Waals surface area contributed by atoms with E-state index in [0.29, 0.717) is 43.2 Å². The van der Waals surface area contributed by atoms with E-state index in [4.69, 9.17) is 14.5 Å². The van der Waals surface area contributed by atoms with Crippen molar-refractivity contribution in [1.29, 1.82) is 0 Å². The Morgan fingerprint density at radius 1 is 1.21 bits per heavy atom. The molecule has 11 heteroatoms. The molecule has 182 valence electrons. The van der Waals surface area contributed by atoms with Gasteiger partial charge in [-0.05, 0) is 25.2 Å². The monoisotopic (exact) mass is 486 g/mol. The van der Waals surface area contributed by atoms with E-state index in [2.05, 4.69) is 19.6 Å². The van der Waals surface area contributed by atoms with Crippen LogP contribution in [-0.2, 0) is 14.8 Å². The van der Waals surface area contributed by atoms with Crippen molar-refractivity contribution in [2.24, 2.45) is 0 Å². The van der Waals surface area contributed by atoms with E-state index >= 15 is 0 Å². The molecule has 1 saturated heterocycles. The summed E-state index contributed by atoms with van der Waals surface area (Å²) in [7, 11) is 2.18. The van der Waals surface area contributed by atoms with Crippen molar-refractivity contribution < 1.29 is 17.9 Å². The quantitative estimate of drug-likeness (QED) is 0.480. The van der Waals surface area contributed by atoms with Gasteiger partial charge in [-0.25, -0.2) is 23.1 Å². The summed E-state index contributed by atoms with van der Waals surface area (Å²) in [6, 6.07) is 10.0. The van der Waals surface area contributed by atoms with E-state index in [1.54, 1.807) is 12.4 Å². The van der Waals surface area contributed by atoms with Crippen LogP contribution < -0.4 is 14.4 Å². The van der Waals surface area contributed by atoms with Crippen molar-refractivity contribution >= 4 is 26.7 Å². The number of sulfonamides is 1. The molecule has 0 aliphatic carbocycles. The first-order chi connectivity index (χ1) is 16.3. The number of hydrogen-bond donors (Lipinski definition) is 1. The first-order valence-electron chi connectivity index (χ1n) is 11.1. The van der Waals surface area contributed by atoms with E-state index in [-0.39, 0.29) is 18.5 Å². The molecular weight excluding hydrogens is 456 g/mol. The van der Waals surface area contributed by atoms with Crippen LogP contribution in [0.2, 0.25) is 0 Å². The van der Waals surface area contributed by atoms with Crippen LogP contribution in [0.25, 0.3) is 22.3 Å². The molecule has 1 aliphatic rings. The Bertz CT molecular complexity index is 1220. The summed E-state index contributed by atoms with van der Waals surface area (Å²) < 4.78 is 37.8. The Kier molecular flexibility index (Phi) is 7.57. The van der Waals surface area contributed by atoms with Crippen molar-refractivity contribution in [1.82, 2.24) is 24.6 Å². The van der Waals surface area contributed by atoms with E-state index in [9.17, 15) is 8.42 Å². The van der Waals surface area contributed by atoms with Crippen molar-refractivity contribution in [3.8, 4) is 17.1 Å². The number of aromatic nitrogens is 3. The molecule has 1 aliphatic heterocycles. The zero-order valence-electron chi connectivity index (χ0n) is 19.6. The first-order valence-corrected chi connectivity index (χ1v) is 12.8. The maximum absolute atomic E-state index is 11.7. The Hall–Kier alpha value is -2.86. The van der Waals surface area contributed by atoms with Crippen molar-refractivity contribution in [3.05, 3.63) is 42.7 Å². The SMILES string of the molecule is CNS(=O)(=O)CCN1CCOC(COc2nc(-c3ccc(N(C)C)cc3)cc3nccnc23)C1. The van der Waals surface area contributed by atoms with E-state index in [1.807, 2.05) is 49.3 Å². The van der Waals surface area contributed by atoms with E-state index in [1.165, 1.54) is 7.05 Å². The maximum atomic E-state index is 11.7. The molecule has 10 nitrogen and oxygen atoms in total. The highest BCUT2D eigenvalue weighted by molar-refractivity contribution is 7.89. The zero-order chi connectivity index (χ0) is 24.1. The Morgan fingerprint density at radius 3 is 2.71 bits per heavy atom. The molecule has 0 bridgehead atoms. The van der Waals surface area contributed by atoms with Crippen LogP contribution in [0, 0.1) is 0 Å². The number of rotatable bonds is 9. The van der Waals surface area contributed by atoms with Crippen molar-refractivity contribution in [2.45, 2.75) is 6.10 Å². The lowest BCUT2D eigenvalue weighted by atomic mass is 10.1. The van der Waals surface area contributed by atoms with Gasteiger partial charge in [0.25, 0.3) is 0 Å². The molecule has 1 aromatic carbocycles. The summed E-state index contributed by atoms with van der Waals surface area (Å²) in [6.45, 7) is 2.49. The second-order valence-corrected chi connectivity index (χ2v) is 10.4. The predicted molar refractivity (Wildman–Crippen MR) is 132 cm³/mol. The summed E-state index contributed by atoms with van der Waals surface area (Å²) in [5, 5.41) is 0. The molecular formula is C23H30N6O4S. The normalized spacial score (nSPS) is 17.1. The lowest BCUT2D eigenvalue weighted by Gasteiger charge is -2.32. The van der Waals surface area contributed by atoms with Crippen LogP contribution in [-0.4, -0.2) is 94.1 Å². The third-order valence-corrected chi connectivity index (χ3v) is 7.06. The number of nitrogens with one attached hydrogen (secondary N) is 1. The fourth-order valence-corrected chi connectivity index (χ4v) is 4.43. The van der Waals surface area contributed by atoms with Gasteiger partial charge in [0.15, 0.2) is 5.52 Å². The lowest BCUT2D eigenvalue weighted by molar-refractivity contribution is -0.0465. The third-order valence-electron chi connectivity index (χ3n) is 5.72. The highest BCUT2D eigenvalue weighted by Crippen LogP contribution is 2.28. The molecule has 1 unspecified atom stereocenters. The average Bonchev–Trinajstić information content (AvgIpc) is 2.86. The van der Waals surface area contributed by atoms with E-state index in [0.717, 1.165) is 16.9 Å². The summed E-state index contributed by atoms with van der Waals surface area (Å²) in [4.78, 5) is 17.7. The van der Waals surface area contributed by atoms with Crippen molar-refractivity contribution in [3.63, 3.8) is 0 Å². The molecule has 0 spiro atoms. The van der Waals surface area contributed by atoms with Gasteiger partial charge in [0.2, 0.25) is 15.9 Å². The highest BCUT2D eigenvalue weighted by atomic mass is 32.2. The highest BCUT2D eigenvalue weighted by Gasteiger charge is 2.23. The number of morpholine rings is 1. The molecule has 3 heterocycles. The topological polar surface area (TPSA) is 110 Å². The largest absolute Gasteiger partial charge is 0.473 e. The molecule has 34 heavy (non-hydrogen) atoms. The van der Waals surface area contributed by atoms with Gasteiger partial charge in [-0.15, -0.1) is 0 Å². The van der Waals surface area contributed by atoms with Crippen LogP contribution in [0.1, 0.15) is 0 Å². The van der Waals surface area contributed by atoms with Crippen LogP contribution in [0.4, 0.5) is 5.69 Å². The summed E-state index contributed by atoms with van der Waals surface area (Å²) in [5.74, 6) is 0.448. The molecule has 1 atom stereocenters. The lowest BCUT2D eigenvalue weighted by Crippen LogP contribution is -2.47. The van der Waals surface area contributed by atoms with Crippen LogP contribution >= 0.6 is 0 Å². The average molecular weight is 487 g/mol. The van der Waals surface area contributed by atoms with Gasteiger partial charge in [-0.1, -0.05) is 12.1 Å². The molecule has 2 aromatic heterocycles. The van der Waals surface area contributed by atoms with E-state index < -0.39 is 10.0 Å². The number of fused-ring (bicyclic) bond motifs is 1. The van der Waals surface area contributed by atoms with Crippen LogP contribution in [0.5, 0.6) is 5.88 Å². The van der Waals surface area contributed by atoms with Crippen molar-refractivity contribution in [2.75, 3.05) is 64.6 Å². The third kappa shape index (κ3) is 5.98. The fraction of sp³-hybridized carbons (Fsp3) is 0.435. The number of nitrogens with zero attached hydrogens (tertiary/aromatic N) is 5. The fourth-order valence-electron chi connectivity index (χ4n) is 3.73. The van der Waals surface area contributed by atoms with Gasteiger partial charge in [-0.2, -0.15) is 0 Å². The van der Waals surface area contributed by atoms with Gasteiger partial charge in [-0.3, -0.25) is 9.88 Å². The molecule has 0 radical (unpaired) electrons. The number of anilines is 1. The maximum Gasteiger partial charge on any atom is 0.242 e. The zero-order valence-corrected chi connectivity index (χ0v) is 20.5. The summed E-state index contributed by atoms with van der Waals surface area (Å²) in [6.07, 6.45) is 3.05. The molecule has 4 rings (SSSR count). The Balaban J connectivity index is 1.49. The van der Waals surface area contributed by atoms with Crippen LogP contribution in [0.3, 0.4) is 0 Å². The minimum absolute atomic E-state index is 0.0491. The number of benzene rings is 1. The minimum Gasteiger partial charge on any atom is -0.473 e. The van der Waals surface area contributed by atoms with Gasteiger partial charge in [0.05, 0.1) is 23.6 Å². The molecule has 3 aromatic rings. The molecule has 0 saturated carbocycles. The number of hydrogen-bond acceptors (Lipinski definition) is 9. The minimum atomic E-state index is -3.25. The first kappa shape index (κ1) is 24.3. The second kappa shape index (κ2) is 10.6. The standard InChI is InChI=1S/C23H30N6O4S/c1-24-34(30,31)13-11-29-10-12-32-19(15-29)16-33-23-22-21(25-8-9-26-22)14-20(27-23)17-4-6-18(7-5-17)28(2)3/h4-9,14,19,24H,10-13,15-16H2,1-3H3. The van der Waals surface area contributed by atoms with Gasteiger partial charge in [0, 0.05) is 57.4 Å². The molecule has 1 N–H and O–H groups in total. The second-order valence-electron chi connectivity index (χ2n) is 8.31. The summed E-state index contributed by atoms with van der Waals surface area (Å²) >= 11 is 0. The Labute approximate surface area is 200 Å². The van der Waals surface area contributed by atoms with Crippen LogP contribution in [0.15, 0.2) is 42.7 Å². The van der Waals surface area contributed by atoms with Gasteiger partial charge >= 0.3 is 0 Å². The van der Waals surface area contributed by atoms with Gasteiger partial charge in [0.1, 0.15) is 12.7 Å².